The van der Waals surface area contributed by atoms with Gasteiger partial charge in [0.15, 0.2) is 0 Å². The minimum atomic E-state index is 0.0873. The number of rotatable bonds is 4. The van der Waals surface area contributed by atoms with Crippen LogP contribution in [-0.2, 0) is 6.42 Å². The molecule has 7 nitrogen and oxygen atoms in total. The van der Waals surface area contributed by atoms with Gasteiger partial charge in [-0.3, -0.25) is 14.5 Å². The second-order valence-electron chi connectivity index (χ2n) is 6.46. The molecule has 1 fully saturated rings. The van der Waals surface area contributed by atoms with E-state index in [1.54, 1.807) is 23.4 Å². The molecule has 1 aromatic carbocycles. The average molecular weight is 336 g/mol. The molecule has 25 heavy (non-hydrogen) atoms. The Kier molecular flexibility index (Phi) is 4.28. The van der Waals surface area contributed by atoms with Crippen LogP contribution in [0, 0.1) is 5.92 Å². The monoisotopic (exact) mass is 336 g/mol. The van der Waals surface area contributed by atoms with Crippen LogP contribution in [0.25, 0.3) is 5.69 Å². The van der Waals surface area contributed by atoms with E-state index >= 15 is 0 Å². The summed E-state index contributed by atoms with van der Waals surface area (Å²) in [7, 11) is 0. The Labute approximate surface area is 145 Å². The summed E-state index contributed by atoms with van der Waals surface area (Å²) in [4.78, 5) is 14.9. The van der Waals surface area contributed by atoms with Crippen molar-refractivity contribution in [2.24, 2.45) is 5.92 Å². The second-order valence-corrected chi connectivity index (χ2v) is 6.46. The number of carbonyl (C=O) groups is 1. The molecule has 128 valence electrons. The van der Waals surface area contributed by atoms with E-state index in [1.165, 1.54) is 0 Å². The fraction of sp³-hybridized carbons (Fsp3) is 0.333. The summed E-state index contributed by atoms with van der Waals surface area (Å²) in [6.45, 7) is 1.60. The topological polar surface area (TPSA) is 79.7 Å². The standard InChI is InChI=1S/C18H20N6O/c25-18(15-4-1-5-17(10-15)24-12-20-21-13-24)23-8-2-3-14(11-23)9-16-6-7-19-22-16/h1,4-7,10,12-14H,2-3,8-9,11H2,(H,19,22)/t14-/m1/s1. The van der Waals surface area contributed by atoms with Crippen molar-refractivity contribution in [3.63, 3.8) is 0 Å². The summed E-state index contributed by atoms with van der Waals surface area (Å²) in [6, 6.07) is 9.61. The van der Waals surface area contributed by atoms with Gasteiger partial charge >= 0.3 is 0 Å². The van der Waals surface area contributed by atoms with Gasteiger partial charge in [-0.15, -0.1) is 10.2 Å². The van der Waals surface area contributed by atoms with Crippen molar-refractivity contribution in [2.75, 3.05) is 13.1 Å². The first-order valence-corrected chi connectivity index (χ1v) is 8.52. The second kappa shape index (κ2) is 6.88. The van der Waals surface area contributed by atoms with Gasteiger partial charge in [-0.1, -0.05) is 6.07 Å². The SMILES string of the molecule is O=C(c1cccc(-n2cnnc2)c1)N1CCC[C@H](Cc2ccn[nH]2)C1. The number of nitrogens with one attached hydrogen (secondary N) is 1. The Bertz CT molecular complexity index is 827. The van der Waals surface area contributed by atoms with Gasteiger partial charge in [0.2, 0.25) is 0 Å². The number of hydrogen-bond donors (Lipinski definition) is 1. The van der Waals surface area contributed by atoms with E-state index in [0.717, 1.165) is 43.7 Å². The lowest BCUT2D eigenvalue weighted by Gasteiger charge is -2.32. The number of carbonyl (C=O) groups excluding carboxylic acids is 1. The smallest absolute Gasteiger partial charge is 0.253 e. The molecule has 1 N–H and O–H groups in total. The molecular weight excluding hydrogens is 316 g/mol. The van der Waals surface area contributed by atoms with Gasteiger partial charge in [0.25, 0.3) is 5.91 Å². The van der Waals surface area contributed by atoms with Crippen molar-refractivity contribution in [2.45, 2.75) is 19.3 Å². The highest BCUT2D eigenvalue weighted by atomic mass is 16.2. The molecule has 7 heteroatoms. The van der Waals surface area contributed by atoms with Crippen LogP contribution in [0.4, 0.5) is 0 Å². The molecule has 1 aliphatic heterocycles. The summed E-state index contributed by atoms with van der Waals surface area (Å²) in [5.41, 5.74) is 2.73. The van der Waals surface area contributed by atoms with Gasteiger partial charge in [0, 0.05) is 36.2 Å². The van der Waals surface area contributed by atoms with Crippen LogP contribution in [-0.4, -0.2) is 48.9 Å². The largest absolute Gasteiger partial charge is 0.338 e. The molecule has 0 aliphatic carbocycles. The van der Waals surface area contributed by atoms with Crippen molar-refractivity contribution < 1.29 is 4.79 Å². The number of aromatic nitrogens is 5. The number of amides is 1. The molecule has 3 heterocycles. The first-order chi connectivity index (χ1) is 12.3. The van der Waals surface area contributed by atoms with Crippen LogP contribution >= 0.6 is 0 Å². The fourth-order valence-corrected chi connectivity index (χ4v) is 3.44. The summed E-state index contributed by atoms with van der Waals surface area (Å²) < 4.78 is 1.80. The van der Waals surface area contributed by atoms with Gasteiger partial charge in [-0.05, 0) is 49.4 Å². The van der Waals surface area contributed by atoms with E-state index in [1.807, 2.05) is 35.2 Å². The Morgan fingerprint density at radius 3 is 2.92 bits per heavy atom. The molecule has 0 saturated carbocycles. The quantitative estimate of drug-likeness (QED) is 0.791. The van der Waals surface area contributed by atoms with Gasteiger partial charge in [-0.2, -0.15) is 5.10 Å². The minimum absolute atomic E-state index is 0.0873. The average Bonchev–Trinajstić information content (AvgIpc) is 3.35. The first-order valence-electron chi connectivity index (χ1n) is 8.52. The van der Waals surface area contributed by atoms with E-state index in [4.69, 9.17) is 0 Å². The van der Waals surface area contributed by atoms with Crippen molar-refractivity contribution in [3.8, 4) is 5.69 Å². The maximum Gasteiger partial charge on any atom is 0.253 e. The maximum atomic E-state index is 12.9. The van der Waals surface area contributed by atoms with Crippen molar-refractivity contribution in [1.82, 2.24) is 29.9 Å². The molecule has 0 unspecified atom stereocenters. The third kappa shape index (κ3) is 3.45. The Hall–Kier alpha value is -2.96. The van der Waals surface area contributed by atoms with Gasteiger partial charge in [0.05, 0.1) is 0 Å². The molecule has 1 atom stereocenters. The van der Waals surface area contributed by atoms with E-state index in [9.17, 15) is 4.79 Å². The van der Waals surface area contributed by atoms with Crippen molar-refractivity contribution in [3.05, 3.63) is 60.4 Å². The number of likely N-dealkylation sites (tertiary alicyclic amines) is 1. The van der Waals surface area contributed by atoms with Crippen LogP contribution in [0.2, 0.25) is 0 Å². The van der Waals surface area contributed by atoms with Gasteiger partial charge in [0.1, 0.15) is 12.7 Å². The maximum absolute atomic E-state index is 12.9. The first kappa shape index (κ1) is 15.6. The summed E-state index contributed by atoms with van der Waals surface area (Å²) in [6.07, 6.45) is 8.15. The predicted molar refractivity (Wildman–Crippen MR) is 92.3 cm³/mol. The zero-order chi connectivity index (χ0) is 17.1. The summed E-state index contributed by atoms with van der Waals surface area (Å²) >= 11 is 0. The number of hydrogen-bond acceptors (Lipinski definition) is 4. The third-order valence-electron chi connectivity index (χ3n) is 4.68. The fourth-order valence-electron chi connectivity index (χ4n) is 3.44. The lowest BCUT2D eigenvalue weighted by molar-refractivity contribution is 0.0673. The highest BCUT2D eigenvalue weighted by molar-refractivity contribution is 5.94. The number of nitrogens with zero attached hydrogens (tertiary/aromatic N) is 5. The highest BCUT2D eigenvalue weighted by Crippen LogP contribution is 2.22. The van der Waals surface area contributed by atoms with E-state index in [0.29, 0.717) is 11.5 Å². The minimum Gasteiger partial charge on any atom is -0.338 e. The highest BCUT2D eigenvalue weighted by Gasteiger charge is 2.25. The van der Waals surface area contributed by atoms with Crippen LogP contribution in [0.1, 0.15) is 28.9 Å². The van der Waals surface area contributed by atoms with Crippen LogP contribution in [0.5, 0.6) is 0 Å². The number of benzene rings is 1. The number of H-pyrrole nitrogens is 1. The molecule has 0 spiro atoms. The molecule has 1 aliphatic rings. The van der Waals surface area contributed by atoms with Crippen LogP contribution < -0.4 is 0 Å². The van der Waals surface area contributed by atoms with Crippen molar-refractivity contribution in [1.29, 1.82) is 0 Å². The summed E-state index contributed by atoms with van der Waals surface area (Å²) in [5, 5.41) is 14.7. The molecule has 0 bridgehead atoms. The normalized spacial score (nSPS) is 17.6. The van der Waals surface area contributed by atoms with Gasteiger partial charge < -0.3 is 4.90 Å². The van der Waals surface area contributed by atoms with Crippen molar-refractivity contribution >= 4 is 5.91 Å². The lowest BCUT2D eigenvalue weighted by atomic mass is 9.93. The predicted octanol–water partition coefficient (Wildman–Crippen LogP) is 2.09. The van der Waals surface area contributed by atoms with Gasteiger partial charge in [-0.25, -0.2) is 0 Å². The molecule has 4 rings (SSSR count). The Balaban J connectivity index is 1.47. The van der Waals surface area contributed by atoms with E-state index in [-0.39, 0.29) is 5.91 Å². The molecule has 0 radical (unpaired) electrons. The number of piperidine rings is 1. The Morgan fingerprint density at radius 2 is 2.12 bits per heavy atom. The lowest BCUT2D eigenvalue weighted by Crippen LogP contribution is -2.40. The molecule has 1 amide bonds. The molecular formula is C18H20N6O. The molecule has 1 saturated heterocycles. The molecule has 3 aromatic rings. The third-order valence-corrected chi connectivity index (χ3v) is 4.68. The van der Waals surface area contributed by atoms with Crippen LogP contribution in [0.15, 0.2) is 49.2 Å². The van der Waals surface area contributed by atoms with Crippen LogP contribution in [0.3, 0.4) is 0 Å². The van der Waals surface area contributed by atoms with E-state index in [2.05, 4.69) is 20.4 Å². The number of aromatic amines is 1. The molecule has 2 aromatic heterocycles. The zero-order valence-electron chi connectivity index (χ0n) is 13.9. The Morgan fingerprint density at radius 1 is 1.24 bits per heavy atom. The van der Waals surface area contributed by atoms with E-state index < -0.39 is 0 Å². The zero-order valence-corrected chi connectivity index (χ0v) is 13.9. The summed E-state index contributed by atoms with van der Waals surface area (Å²) in [5.74, 6) is 0.559.